The topological polar surface area (TPSA) is 55.9 Å². The Bertz CT molecular complexity index is 856. The lowest BCUT2D eigenvalue weighted by Gasteiger charge is -2.08. The molecule has 0 saturated heterocycles. The highest BCUT2D eigenvalue weighted by Crippen LogP contribution is 2.27. The number of halogens is 2. The minimum absolute atomic E-state index is 0.324. The normalized spacial score (nSPS) is 11.0. The number of rotatable bonds is 4. The number of aromatic nitrogens is 3. The van der Waals surface area contributed by atoms with Crippen molar-refractivity contribution in [3.63, 3.8) is 0 Å². The zero-order chi connectivity index (χ0) is 16.6. The Hall–Kier alpha value is -2.34. The first kappa shape index (κ1) is 15.6. The number of benzene rings is 1. The second kappa shape index (κ2) is 6.04. The van der Waals surface area contributed by atoms with Crippen molar-refractivity contribution in [1.29, 1.82) is 0 Å². The molecule has 2 aromatic heterocycles. The smallest absolute Gasteiger partial charge is 0.156 e. The van der Waals surface area contributed by atoms with Crippen LogP contribution in [0.25, 0.3) is 11.3 Å². The van der Waals surface area contributed by atoms with Crippen LogP contribution in [-0.4, -0.2) is 14.9 Å². The Kier molecular flexibility index (Phi) is 4.09. The third-order valence-electron chi connectivity index (χ3n) is 3.77. The largest absolute Gasteiger partial charge is 0.376 e. The van der Waals surface area contributed by atoms with Gasteiger partial charge in [-0.05, 0) is 31.5 Å². The van der Waals surface area contributed by atoms with Gasteiger partial charge in [-0.3, -0.25) is 4.68 Å². The van der Waals surface area contributed by atoms with E-state index < -0.39 is 0 Å². The van der Waals surface area contributed by atoms with Crippen molar-refractivity contribution in [2.45, 2.75) is 20.4 Å². The average molecular weight is 335 g/mol. The summed E-state index contributed by atoms with van der Waals surface area (Å²) < 4.78 is 20.5. The van der Waals surface area contributed by atoms with Crippen molar-refractivity contribution in [3.05, 3.63) is 52.3 Å². The predicted molar refractivity (Wildman–Crippen MR) is 86.9 cm³/mol. The quantitative estimate of drug-likeness (QED) is 0.780. The first-order chi connectivity index (χ1) is 11.0. The van der Waals surface area contributed by atoms with Crippen LogP contribution < -0.4 is 5.32 Å². The lowest BCUT2D eigenvalue weighted by Crippen LogP contribution is -2.00. The SMILES string of the molecule is Cc1cc(NCc2cc(-c3cnn(C)c3C)no2)c(Cl)cc1F. The number of nitrogens with one attached hydrogen (secondary N) is 1. The second-order valence-electron chi connectivity index (χ2n) is 5.38. The fourth-order valence-electron chi connectivity index (χ4n) is 2.25. The molecule has 0 radical (unpaired) electrons. The van der Waals surface area contributed by atoms with Crippen molar-refractivity contribution >= 4 is 17.3 Å². The van der Waals surface area contributed by atoms with Gasteiger partial charge in [-0.1, -0.05) is 16.8 Å². The summed E-state index contributed by atoms with van der Waals surface area (Å²) >= 11 is 6.03. The summed E-state index contributed by atoms with van der Waals surface area (Å²) in [6.45, 7) is 4.06. The van der Waals surface area contributed by atoms with Crippen LogP contribution in [0.2, 0.25) is 5.02 Å². The van der Waals surface area contributed by atoms with Crippen LogP contribution in [-0.2, 0) is 13.6 Å². The Balaban J connectivity index is 1.75. The van der Waals surface area contributed by atoms with Crippen LogP contribution in [0.1, 0.15) is 17.0 Å². The highest BCUT2D eigenvalue weighted by Gasteiger charge is 2.12. The predicted octanol–water partition coefficient (Wildman–Crippen LogP) is 4.10. The second-order valence-corrected chi connectivity index (χ2v) is 5.79. The van der Waals surface area contributed by atoms with E-state index in [9.17, 15) is 4.39 Å². The van der Waals surface area contributed by atoms with Gasteiger partial charge in [0.25, 0.3) is 0 Å². The highest BCUT2D eigenvalue weighted by molar-refractivity contribution is 6.33. The molecule has 7 heteroatoms. The molecular formula is C16H16ClFN4O. The molecule has 0 atom stereocenters. The molecule has 23 heavy (non-hydrogen) atoms. The summed E-state index contributed by atoms with van der Waals surface area (Å²) in [4.78, 5) is 0. The molecule has 3 aromatic rings. The average Bonchev–Trinajstić information content (AvgIpc) is 3.10. The molecule has 0 saturated carbocycles. The summed E-state index contributed by atoms with van der Waals surface area (Å²) in [5.74, 6) is 0.329. The van der Waals surface area contributed by atoms with E-state index in [1.807, 2.05) is 20.0 Å². The Labute approximate surface area is 138 Å². The molecule has 0 fully saturated rings. The van der Waals surface area contributed by atoms with Gasteiger partial charge >= 0.3 is 0 Å². The van der Waals surface area contributed by atoms with E-state index in [1.54, 1.807) is 23.9 Å². The molecule has 0 unspecified atom stereocenters. The third kappa shape index (κ3) is 3.07. The lowest BCUT2D eigenvalue weighted by atomic mass is 10.2. The van der Waals surface area contributed by atoms with Crippen molar-refractivity contribution in [2.24, 2.45) is 7.05 Å². The molecule has 0 aliphatic heterocycles. The molecule has 1 N–H and O–H groups in total. The summed E-state index contributed by atoms with van der Waals surface area (Å²) in [6.07, 6.45) is 1.75. The van der Waals surface area contributed by atoms with Gasteiger partial charge < -0.3 is 9.84 Å². The van der Waals surface area contributed by atoms with Gasteiger partial charge in [0.1, 0.15) is 11.5 Å². The molecule has 0 aliphatic rings. The maximum absolute atomic E-state index is 13.4. The Morgan fingerprint density at radius 3 is 2.78 bits per heavy atom. The Morgan fingerprint density at radius 1 is 1.30 bits per heavy atom. The van der Waals surface area contributed by atoms with Crippen molar-refractivity contribution < 1.29 is 8.91 Å². The lowest BCUT2D eigenvalue weighted by molar-refractivity contribution is 0.390. The van der Waals surface area contributed by atoms with Gasteiger partial charge in [0.15, 0.2) is 5.76 Å². The first-order valence-corrected chi connectivity index (χ1v) is 7.47. The van der Waals surface area contributed by atoms with E-state index >= 15 is 0 Å². The molecule has 0 aliphatic carbocycles. The number of hydrogen-bond acceptors (Lipinski definition) is 4. The van der Waals surface area contributed by atoms with Crippen molar-refractivity contribution in [3.8, 4) is 11.3 Å². The zero-order valence-electron chi connectivity index (χ0n) is 13.0. The number of anilines is 1. The van der Waals surface area contributed by atoms with E-state index in [4.69, 9.17) is 16.1 Å². The van der Waals surface area contributed by atoms with Gasteiger partial charge in [-0.25, -0.2) is 4.39 Å². The van der Waals surface area contributed by atoms with Crippen molar-refractivity contribution in [1.82, 2.24) is 14.9 Å². The summed E-state index contributed by atoms with van der Waals surface area (Å²) in [5.41, 5.74) is 3.85. The number of hydrogen-bond donors (Lipinski definition) is 1. The van der Waals surface area contributed by atoms with Crippen LogP contribution in [0.3, 0.4) is 0 Å². The minimum atomic E-state index is -0.324. The van der Waals surface area contributed by atoms with E-state index in [-0.39, 0.29) is 5.82 Å². The van der Waals surface area contributed by atoms with E-state index in [0.717, 1.165) is 17.0 Å². The van der Waals surface area contributed by atoms with E-state index in [0.29, 0.717) is 28.6 Å². The molecular weight excluding hydrogens is 319 g/mol. The maximum Gasteiger partial charge on any atom is 0.156 e. The Morgan fingerprint density at radius 2 is 2.09 bits per heavy atom. The van der Waals surface area contributed by atoms with E-state index in [2.05, 4.69) is 15.6 Å². The number of nitrogens with zero attached hydrogens (tertiary/aromatic N) is 3. The fourth-order valence-corrected chi connectivity index (χ4v) is 2.47. The van der Waals surface area contributed by atoms with Crippen molar-refractivity contribution in [2.75, 3.05) is 5.32 Å². The standard InChI is InChI=1S/C16H16ClFN4O/c1-9-4-16(13(17)6-14(9)18)19-7-11-5-15(21-23-11)12-8-20-22(3)10(12)2/h4-6,8,19H,7H2,1-3H3. The fraction of sp³-hybridized carbons (Fsp3) is 0.250. The zero-order valence-corrected chi connectivity index (χ0v) is 13.8. The maximum atomic E-state index is 13.4. The van der Waals surface area contributed by atoms with Crippen LogP contribution >= 0.6 is 11.6 Å². The van der Waals surface area contributed by atoms with Gasteiger partial charge in [-0.2, -0.15) is 5.10 Å². The van der Waals surface area contributed by atoms with Crippen LogP contribution in [0.15, 0.2) is 28.9 Å². The van der Waals surface area contributed by atoms with E-state index in [1.165, 1.54) is 6.07 Å². The van der Waals surface area contributed by atoms with Gasteiger partial charge in [-0.15, -0.1) is 0 Å². The summed E-state index contributed by atoms with van der Waals surface area (Å²) in [7, 11) is 1.88. The monoisotopic (exact) mass is 334 g/mol. The van der Waals surface area contributed by atoms with Crippen LogP contribution in [0, 0.1) is 19.7 Å². The van der Waals surface area contributed by atoms with Crippen LogP contribution in [0.4, 0.5) is 10.1 Å². The molecule has 0 bridgehead atoms. The van der Waals surface area contributed by atoms with Gasteiger partial charge in [0, 0.05) is 24.4 Å². The molecule has 120 valence electrons. The summed E-state index contributed by atoms with van der Waals surface area (Å²) in [6, 6.07) is 4.81. The van der Waals surface area contributed by atoms with Gasteiger partial charge in [0.05, 0.1) is 23.5 Å². The third-order valence-corrected chi connectivity index (χ3v) is 4.08. The molecule has 0 spiro atoms. The molecule has 3 rings (SSSR count). The first-order valence-electron chi connectivity index (χ1n) is 7.10. The highest BCUT2D eigenvalue weighted by atomic mass is 35.5. The molecule has 0 amide bonds. The number of aryl methyl sites for hydroxylation is 2. The van der Waals surface area contributed by atoms with Crippen LogP contribution in [0.5, 0.6) is 0 Å². The molecule has 2 heterocycles. The minimum Gasteiger partial charge on any atom is -0.376 e. The van der Waals surface area contributed by atoms with Gasteiger partial charge in [0.2, 0.25) is 0 Å². The molecule has 5 nitrogen and oxygen atoms in total. The molecule has 1 aromatic carbocycles. The summed E-state index contributed by atoms with van der Waals surface area (Å²) in [5, 5.41) is 11.7.